The third-order valence-electron chi connectivity index (χ3n) is 4.24. The topological polar surface area (TPSA) is 92.9 Å². The number of halogens is 1. The molecule has 25 heavy (non-hydrogen) atoms. The Morgan fingerprint density at radius 1 is 1.28 bits per heavy atom. The van der Waals surface area contributed by atoms with Crippen LogP contribution in [-0.4, -0.2) is 35.0 Å². The SMILES string of the molecule is Nc1ncc(C(=O)NC2CNC2)c2ccc(-c3cccc(F)c3)nc12. The summed E-state index contributed by atoms with van der Waals surface area (Å²) in [5, 5.41) is 6.66. The Morgan fingerprint density at radius 2 is 2.12 bits per heavy atom. The molecule has 1 aliphatic rings. The Kier molecular flexibility index (Phi) is 3.77. The van der Waals surface area contributed by atoms with Crippen LogP contribution in [0.2, 0.25) is 0 Å². The van der Waals surface area contributed by atoms with Crippen LogP contribution in [0.25, 0.3) is 22.2 Å². The molecule has 0 spiro atoms. The highest BCUT2D eigenvalue weighted by molar-refractivity contribution is 6.08. The fourth-order valence-corrected chi connectivity index (χ4v) is 2.78. The molecule has 126 valence electrons. The minimum Gasteiger partial charge on any atom is -0.382 e. The fraction of sp³-hybridized carbons (Fsp3) is 0.167. The van der Waals surface area contributed by atoms with Gasteiger partial charge < -0.3 is 16.4 Å². The molecule has 0 bridgehead atoms. The van der Waals surface area contributed by atoms with Gasteiger partial charge in [0.15, 0.2) is 0 Å². The molecule has 2 aromatic heterocycles. The molecule has 0 unspecified atom stereocenters. The molecule has 0 radical (unpaired) electrons. The molecule has 0 aliphatic carbocycles. The van der Waals surface area contributed by atoms with Crippen LogP contribution < -0.4 is 16.4 Å². The van der Waals surface area contributed by atoms with Crippen molar-refractivity contribution in [3.8, 4) is 11.3 Å². The van der Waals surface area contributed by atoms with E-state index < -0.39 is 0 Å². The maximum Gasteiger partial charge on any atom is 0.253 e. The van der Waals surface area contributed by atoms with E-state index in [1.165, 1.54) is 18.3 Å². The summed E-state index contributed by atoms with van der Waals surface area (Å²) in [4.78, 5) is 21.1. The molecule has 1 fully saturated rings. The van der Waals surface area contributed by atoms with Crippen LogP contribution in [0, 0.1) is 5.82 Å². The molecule has 1 aliphatic heterocycles. The zero-order valence-electron chi connectivity index (χ0n) is 13.3. The first-order valence-corrected chi connectivity index (χ1v) is 7.94. The number of hydrogen-bond donors (Lipinski definition) is 3. The smallest absolute Gasteiger partial charge is 0.253 e. The molecule has 1 aromatic carbocycles. The first-order valence-electron chi connectivity index (χ1n) is 7.94. The van der Waals surface area contributed by atoms with Crippen LogP contribution in [0.4, 0.5) is 10.2 Å². The highest BCUT2D eigenvalue weighted by atomic mass is 19.1. The molecule has 7 heteroatoms. The average molecular weight is 337 g/mol. The van der Waals surface area contributed by atoms with Crippen LogP contribution in [0.15, 0.2) is 42.6 Å². The van der Waals surface area contributed by atoms with Crippen molar-refractivity contribution in [1.29, 1.82) is 0 Å². The van der Waals surface area contributed by atoms with Crippen molar-refractivity contribution in [3.05, 3.63) is 54.0 Å². The Bertz CT molecular complexity index is 971. The first kappa shape index (κ1) is 15.5. The van der Waals surface area contributed by atoms with E-state index in [9.17, 15) is 9.18 Å². The number of amides is 1. The summed E-state index contributed by atoms with van der Waals surface area (Å²) in [6.07, 6.45) is 1.46. The van der Waals surface area contributed by atoms with Crippen LogP contribution >= 0.6 is 0 Å². The third-order valence-corrected chi connectivity index (χ3v) is 4.24. The van der Waals surface area contributed by atoms with Gasteiger partial charge in [0, 0.05) is 30.2 Å². The highest BCUT2D eigenvalue weighted by Gasteiger charge is 2.21. The van der Waals surface area contributed by atoms with Gasteiger partial charge in [-0.15, -0.1) is 0 Å². The molecule has 6 nitrogen and oxygen atoms in total. The van der Waals surface area contributed by atoms with E-state index in [4.69, 9.17) is 5.73 Å². The van der Waals surface area contributed by atoms with Crippen molar-refractivity contribution in [2.24, 2.45) is 0 Å². The third kappa shape index (κ3) is 2.89. The minimum absolute atomic E-state index is 0.125. The second-order valence-corrected chi connectivity index (χ2v) is 5.99. The summed E-state index contributed by atoms with van der Waals surface area (Å²) in [6.45, 7) is 1.52. The number of nitrogens with one attached hydrogen (secondary N) is 2. The van der Waals surface area contributed by atoms with Gasteiger partial charge in [0.05, 0.1) is 17.3 Å². The standard InChI is InChI=1S/C18H16FN5O/c19-11-3-1-2-10(6-11)15-5-4-13-14(9-22-17(20)16(13)24-15)18(25)23-12-7-21-8-12/h1-6,9,12,21H,7-8H2,(H2,20,22)(H,23,25). The van der Waals surface area contributed by atoms with Crippen LogP contribution in [0.1, 0.15) is 10.4 Å². The van der Waals surface area contributed by atoms with E-state index in [2.05, 4.69) is 20.6 Å². The number of pyridine rings is 2. The van der Waals surface area contributed by atoms with E-state index in [0.717, 1.165) is 13.1 Å². The van der Waals surface area contributed by atoms with Crippen molar-refractivity contribution in [2.45, 2.75) is 6.04 Å². The molecule has 3 aromatic rings. The Labute approximate surface area is 143 Å². The number of rotatable bonds is 3. The Hall–Kier alpha value is -3.06. The normalized spacial score (nSPS) is 14.3. The molecule has 1 amide bonds. The molecule has 0 saturated carbocycles. The quantitative estimate of drug-likeness (QED) is 0.677. The van der Waals surface area contributed by atoms with Crippen molar-refractivity contribution in [3.63, 3.8) is 0 Å². The van der Waals surface area contributed by atoms with Gasteiger partial charge in [-0.3, -0.25) is 4.79 Å². The lowest BCUT2D eigenvalue weighted by Crippen LogP contribution is -2.56. The van der Waals surface area contributed by atoms with Gasteiger partial charge in [0.2, 0.25) is 0 Å². The lowest BCUT2D eigenvalue weighted by atomic mass is 10.1. The lowest BCUT2D eigenvalue weighted by molar-refractivity contribution is 0.0925. The number of nitrogens with zero attached hydrogens (tertiary/aromatic N) is 2. The second-order valence-electron chi connectivity index (χ2n) is 5.99. The Balaban J connectivity index is 1.77. The van der Waals surface area contributed by atoms with Gasteiger partial charge in [-0.05, 0) is 24.3 Å². The predicted molar refractivity (Wildman–Crippen MR) is 93.5 cm³/mol. The largest absolute Gasteiger partial charge is 0.382 e. The summed E-state index contributed by atoms with van der Waals surface area (Å²) in [5.41, 5.74) is 8.01. The van der Waals surface area contributed by atoms with Gasteiger partial charge in [0.1, 0.15) is 17.2 Å². The summed E-state index contributed by atoms with van der Waals surface area (Å²) in [7, 11) is 0. The number of benzene rings is 1. The lowest BCUT2D eigenvalue weighted by Gasteiger charge is -2.28. The number of fused-ring (bicyclic) bond motifs is 1. The van der Waals surface area contributed by atoms with Gasteiger partial charge >= 0.3 is 0 Å². The first-order chi connectivity index (χ1) is 12.1. The van der Waals surface area contributed by atoms with Crippen molar-refractivity contribution < 1.29 is 9.18 Å². The van der Waals surface area contributed by atoms with E-state index in [-0.39, 0.29) is 23.6 Å². The van der Waals surface area contributed by atoms with E-state index >= 15 is 0 Å². The van der Waals surface area contributed by atoms with E-state index in [1.807, 2.05) is 0 Å². The minimum atomic E-state index is -0.340. The van der Waals surface area contributed by atoms with Crippen LogP contribution in [0.3, 0.4) is 0 Å². The van der Waals surface area contributed by atoms with Crippen molar-refractivity contribution >= 4 is 22.6 Å². The molecule has 0 atom stereocenters. The number of aromatic nitrogens is 2. The number of carbonyl (C=O) groups excluding carboxylic acids is 1. The van der Waals surface area contributed by atoms with E-state index in [1.54, 1.807) is 24.3 Å². The molecule has 1 saturated heterocycles. The second kappa shape index (κ2) is 6.10. The fourth-order valence-electron chi connectivity index (χ4n) is 2.78. The molecular weight excluding hydrogens is 321 g/mol. The number of carbonyl (C=O) groups is 1. The summed E-state index contributed by atoms with van der Waals surface area (Å²) >= 11 is 0. The maximum atomic E-state index is 13.5. The van der Waals surface area contributed by atoms with E-state index in [0.29, 0.717) is 27.7 Å². The van der Waals surface area contributed by atoms with Crippen LogP contribution in [0.5, 0.6) is 0 Å². The summed E-state index contributed by atoms with van der Waals surface area (Å²) in [6, 6.07) is 9.80. The molecule has 4 N–H and O–H groups in total. The summed E-state index contributed by atoms with van der Waals surface area (Å²) < 4.78 is 13.5. The van der Waals surface area contributed by atoms with Gasteiger partial charge in [-0.1, -0.05) is 12.1 Å². The number of hydrogen-bond acceptors (Lipinski definition) is 5. The highest BCUT2D eigenvalue weighted by Crippen LogP contribution is 2.26. The average Bonchev–Trinajstić information content (AvgIpc) is 2.58. The van der Waals surface area contributed by atoms with Gasteiger partial charge in [-0.2, -0.15) is 0 Å². The maximum absolute atomic E-state index is 13.5. The number of anilines is 1. The zero-order valence-corrected chi connectivity index (χ0v) is 13.3. The Morgan fingerprint density at radius 3 is 2.84 bits per heavy atom. The predicted octanol–water partition coefficient (Wildman–Crippen LogP) is 1.72. The summed E-state index contributed by atoms with van der Waals surface area (Å²) in [5.74, 6) is -0.313. The van der Waals surface area contributed by atoms with Crippen LogP contribution in [-0.2, 0) is 0 Å². The zero-order chi connectivity index (χ0) is 17.4. The van der Waals surface area contributed by atoms with Gasteiger partial charge in [-0.25, -0.2) is 14.4 Å². The number of nitrogen functional groups attached to an aromatic ring is 1. The van der Waals surface area contributed by atoms with Gasteiger partial charge in [0.25, 0.3) is 5.91 Å². The van der Waals surface area contributed by atoms with Crippen molar-refractivity contribution in [2.75, 3.05) is 18.8 Å². The monoisotopic (exact) mass is 337 g/mol. The number of nitrogens with two attached hydrogens (primary N) is 1. The van der Waals surface area contributed by atoms with Crippen molar-refractivity contribution in [1.82, 2.24) is 20.6 Å². The molecule has 4 rings (SSSR count). The molecule has 3 heterocycles. The molecular formula is C18H16FN5O.